The number of ether oxygens (including phenoxy) is 1. The van der Waals surface area contributed by atoms with Crippen molar-refractivity contribution >= 4 is 21.6 Å². The number of nitrogens with zero attached hydrogens (tertiary/aromatic N) is 1. The van der Waals surface area contributed by atoms with Gasteiger partial charge in [0.1, 0.15) is 16.5 Å². The number of nitrogens with one attached hydrogen (secondary N) is 1. The molecule has 0 spiro atoms. The van der Waals surface area contributed by atoms with Crippen molar-refractivity contribution in [2.75, 3.05) is 19.0 Å². The lowest BCUT2D eigenvalue weighted by atomic mass is 10.1. The fourth-order valence-corrected chi connectivity index (χ4v) is 5.38. The van der Waals surface area contributed by atoms with Crippen LogP contribution in [0.1, 0.15) is 42.1 Å². The van der Waals surface area contributed by atoms with Crippen LogP contribution in [0.3, 0.4) is 0 Å². The Morgan fingerprint density at radius 2 is 1.97 bits per heavy atom. The van der Waals surface area contributed by atoms with Gasteiger partial charge < -0.3 is 10.1 Å². The predicted octanol–water partition coefficient (Wildman–Crippen LogP) is 3.96. The molecule has 1 N–H and O–H groups in total. The van der Waals surface area contributed by atoms with Crippen molar-refractivity contribution in [3.8, 4) is 5.75 Å². The summed E-state index contributed by atoms with van der Waals surface area (Å²) in [6.07, 6.45) is 2.57. The number of aryl methyl sites for hydroxylation is 1. The number of rotatable bonds is 5. The molecule has 1 heterocycles. The fraction of sp³-hybridized carbons (Fsp3) is 0.381. The highest BCUT2D eigenvalue weighted by atomic mass is 32.2. The molecule has 8 heteroatoms. The topological polar surface area (TPSA) is 75.7 Å². The monoisotopic (exact) mass is 420 g/mol. The Morgan fingerprint density at radius 3 is 2.66 bits per heavy atom. The first-order valence-corrected chi connectivity index (χ1v) is 11.0. The van der Waals surface area contributed by atoms with E-state index >= 15 is 0 Å². The van der Waals surface area contributed by atoms with Crippen molar-refractivity contribution in [1.82, 2.24) is 4.31 Å². The van der Waals surface area contributed by atoms with E-state index in [-0.39, 0.29) is 22.3 Å². The van der Waals surface area contributed by atoms with Gasteiger partial charge in [-0.2, -0.15) is 4.31 Å². The molecule has 1 amide bonds. The summed E-state index contributed by atoms with van der Waals surface area (Å²) < 4.78 is 46.8. The molecule has 0 radical (unpaired) electrons. The Morgan fingerprint density at radius 1 is 1.21 bits per heavy atom. The van der Waals surface area contributed by atoms with Crippen LogP contribution >= 0.6 is 0 Å². The zero-order chi connectivity index (χ0) is 21.2. The largest absolute Gasteiger partial charge is 0.495 e. The second-order valence-corrected chi connectivity index (χ2v) is 9.10. The van der Waals surface area contributed by atoms with Crippen molar-refractivity contribution in [1.29, 1.82) is 0 Å². The van der Waals surface area contributed by atoms with E-state index in [2.05, 4.69) is 5.32 Å². The minimum Gasteiger partial charge on any atom is -0.495 e. The summed E-state index contributed by atoms with van der Waals surface area (Å²) >= 11 is 0. The number of piperidine rings is 1. The van der Waals surface area contributed by atoms with Gasteiger partial charge in [0.2, 0.25) is 10.0 Å². The number of anilines is 1. The third kappa shape index (κ3) is 4.43. The molecular formula is C21H25FN2O4S. The number of halogens is 1. The number of methoxy groups -OCH3 is 1. The van der Waals surface area contributed by atoms with E-state index in [0.717, 1.165) is 19.3 Å². The van der Waals surface area contributed by atoms with Crippen LogP contribution in [0, 0.1) is 12.7 Å². The predicted molar refractivity (Wildman–Crippen MR) is 109 cm³/mol. The maximum atomic E-state index is 13.5. The summed E-state index contributed by atoms with van der Waals surface area (Å²) in [5.74, 6) is -0.811. The Kier molecular flexibility index (Phi) is 6.24. The number of sulfonamides is 1. The maximum absolute atomic E-state index is 13.5. The van der Waals surface area contributed by atoms with Gasteiger partial charge in [-0.05, 0) is 62.6 Å². The van der Waals surface area contributed by atoms with E-state index in [1.165, 1.54) is 41.7 Å². The minimum atomic E-state index is -3.83. The molecular weight excluding hydrogens is 395 g/mol. The molecule has 0 aromatic heterocycles. The van der Waals surface area contributed by atoms with Gasteiger partial charge in [0, 0.05) is 23.8 Å². The molecule has 0 unspecified atom stereocenters. The lowest BCUT2D eigenvalue weighted by Gasteiger charge is -2.32. The van der Waals surface area contributed by atoms with Gasteiger partial charge in [-0.1, -0.05) is 12.5 Å². The van der Waals surface area contributed by atoms with Gasteiger partial charge >= 0.3 is 0 Å². The molecule has 1 fully saturated rings. The molecule has 0 bridgehead atoms. The van der Waals surface area contributed by atoms with Crippen molar-refractivity contribution in [2.45, 2.75) is 44.0 Å². The van der Waals surface area contributed by atoms with Gasteiger partial charge in [0.25, 0.3) is 5.91 Å². The van der Waals surface area contributed by atoms with E-state index in [0.29, 0.717) is 17.8 Å². The second kappa shape index (κ2) is 8.51. The SMILES string of the molecule is COc1ccc(C(=O)Nc2cc(F)ccc2C)cc1S(=O)(=O)N1CCCC[C@@H]1C. The summed E-state index contributed by atoms with van der Waals surface area (Å²) in [7, 11) is -2.44. The van der Waals surface area contributed by atoms with Gasteiger partial charge in [-0.15, -0.1) is 0 Å². The van der Waals surface area contributed by atoms with Crippen LogP contribution in [0.15, 0.2) is 41.3 Å². The Bertz CT molecular complexity index is 1020. The number of benzene rings is 2. The first kappa shape index (κ1) is 21.3. The van der Waals surface area contributed by atoms with Crippen LogP contribution in [0.4, 0.5) is 10.1 Å². The number of carbonyl (C=O) groups is 1. The third-order valence-electron chi connectivity index (χ3n) is 5.20. The van der Waals surface area contributed by atoms with E-state index < -0.39 is 21.7 Å². The zero-order valence-electron chi connectivity index (χ0n) is 16.7. The number of amides is 1. The molecule has 2 aromatic carbocycles. The lowest BCUT2D eigenvalue weighted by Crippen LogP contribution is -2.42. The van der Waals surface area contributed by atoms with Gasteiger partial charge in [-0.25, -0.2) is 12.8 Å². The highest BCUT2D eigenvalue weighted by molar-refractivity contribution is 7.89. The zero-order valence-corrected chi connectivity index (χ0v) is 17.6. The number of carbonyl (C=O) groups excluding carboxylic acids is 1. The smallest absolute Gasteiger partial charge is 0.255 e. The minimum absolute atomic E-state index is 0.0441. The molecule has 29 heavy (non-hydrogen) atoms. The molecule has 0 aliphatic carbocycles. The standard InChI is InChI=1S/C21H25FN2O4S/c1-14-7-9-17(22)13-18(14)23-21(25)16-8-10-19(28-3)20(12-16)29(26,27)24-11-5-4-6-15(24)2/h7-10,12-13,15H,4-6,11H2,1-3H3,(H,23,25)/t15-/m0/s1. The molecule has 1 atom stereocenters. The summed E-state index contributed by atoms with van der Waals surface area (Å²) in [4.78, 5) is 12.7. The normalized spacial score (nSPS) is 17.7. The molecule has 1 aliphatic heterocycles. The van der Waals surface area contributed by atoms with E-state index in [1.807, 2.05) is 6.92 Å². The maximum Gasteiger partial charge on any atom is 0.255 e. The first-order valence-electron chi connectivity index (χ1n) is 9.51. The molecule has 156 valence electrons. The van der Waals surface area contributed by atoms with E-state index in [1.54, 1.807) is 13.0 Å². The Labute approximate surface area is 170 Å². The van der Waals surface area contributed by atoms with Crippen LogP contribution in [0.25, 0.3) is 0 Å². The average molecular weight is 421 g/mol. The number of hydrogen-bond donors (Lipinski definition) is 1. The van der Waals surface area contributed by atoms with Crippen molar-refractivity contribution in [2.24, 2.45) is 0 Å². The third-order valence-corrected chi connectivity index (χ3v) is 7.24. The van der Waals surface area contributed by atoms with Crippen molar-refractivity contribution in [3.63, 3.8) is 0 Å². The summed E-state index contributed by atoms with van der Waals surface area (Å²) in [6.45, 7) is 4.06. The van der Waals surface area contributed by atoms with Crippen LogP contribution < -0.4 is 10.1 Å². The molecule has 1 aliphatic rings. The highest BCUT2D eigenvalue weighted by Crippen LogP contribution is 2.32. The van der Waals surface area contributed by atoms with Gasteiger partial charge in [0.15, 0.2) is 0 Å². The molecule has 6 nitrogen and oxygen atoms in total. The molecule has 1 saturated heterocycles. The van der Waals surface area contributed by atoms with E-state index in [9.17, 15) is 17.6 Å². The van der Waals surface area contributed by atoms with Crippen LogP contribution in [0.5, 0.6) is 5.75 Å². The van der Waals surface area contributed by atoms with Gasteiger partial charge in [0.05, 0.1) is 7.11 Å². The molecule has 2 aromatic rings. The van der Waals surface area contributed by atoms with Crippen LogP contribution in [-0.4, -0.2) is 38.3 Å². The van der Waals surface area contributed by atoms with Crippen molar-refractivity contribution < 1.29 is 22.3 Å². The van der Waals surface area contributed by atoms with Gasteiger partial charge in [-0.3, -0.25) is 4.79 Å². The first-order chi connectivity index (χ1) is 13.7. The number of hydrogen-bond acceptors (Lipinski definition) is 4. The summed E-state index contributed by atoms with van der Waals surface area (Å²) in [5, 5.41) is 2.64. The van der Waals surface area contributed by atoms with Crippen LogP contribution in [-0.2, 0) is 10.0 Å². The molecule has 0 saturated carbocycles. The highest BCUT2D eigenvalue weighted by Gasteiger charge is 2.33. The second-order valence-electron chi connectivity index (χ2n) is 7.24. The summed E-state index contributed by atoms with van der Waals surface area (Å²) in [6, 6.07) is 8.25. The van der Waals surface area contributed by atoms with Crippen molar-refractivity contribution in [3.05, 3.63) is 53.3 Å². The Balaban J connectivity index is 1.96. The quantitative estimate of drug-likeness (QED) is 0.795. The molecule has 3 rings (SSSR count). The van der Waals surface area contributed by atoms with Crippen LogP contribution in [0.2, 0.25) is 0 Å². The lowest BCUT2D eigenvalue weighted by molar-refractivity contribution is 0.102. The van der Waals surface area contributed by atoms with E-state index in [4.69, 9.17) is 4.74 Å². The Hall–Kier alpha value is -2.45. The average Bonchev–Trinajstić information content (AvgIpc) is 2.70. The summed E-state index contributed by atoms with van der Waals surface area (Å²) in [5.41, 5.74) is 1.18. The fourth-order valence-electron chi connectivity index (χ4n) is 3.50.